The summed E-state index contributed by atoms with van der Waals surface area (Å²) in [6.07, 6.45) is -2.69. The number of halogens is 4. The molecule has 0 radical (unpaired) electrons. The number of pyridine rings is 1. The van der Waals surface area contributed by atoms with Crippen LogP contribution in [0, 0.1) is 0 Å². The number of fused-ring (bicyclic) bond motifs is 1. The molecule has 0 aromatic carbocycles. The Kier molecular flexibility index (Phi) is 5.51. The van der Waals surface area contributed by atoms with Crippen LogP contribution in [0.25, 0.3) is 5.65 Å². The van der Waals surface area contributed by atoms with Gasteiger partial charge in [-0.15, -0.1) is 0 Å². The Morgan fingerprint density at radius 3 is 2.46 bits per heavy atom. The van der Waals surface area contributed by atoms with Crippen molar-refractivity contribution in [2.45, 2.75) is 45.3 Å². The Morgan fingerprint density at radius 1 is 1.23 bits per heavy atom. The first-order chi connectivity index (χ1) is 12.2. The van der Waals surface area contributed by atoms with Gasteiger partial charge in [-0.3, -0.25) is 4.90 Å². The first-order valence-electron chi connectivity index (χ1n) is 8.90. The van der Waals surface area contributed by atoms with Gasteiger partial charge in [0.15, 0.2) is 5.65 Å². The minimum Gasteiger partial charge on any atom is -0.314 e. The van der Waals surface area contributed by atoms with Crippen LogP contribution in [0.1, 0.15) is 43.6 Å². The fourth-order valence-electron chi connectivity index (χ4n) is 3.52. The molecule has 3 heterocycles. The van der Waals surface area contributed by atoms with Crippen LogP contribution >= 0.6 is 11.6 Å². The van der Waals surface area contributed by atoms with E-state index in [1.165, 1.54) is 0 Å². The van der Waals surface area contributed by atoms with Crippen molar-refractivity contribution in [3.05, 3.63) is 34.2 Å². The van der Waals surface area contributed by atoms with Crippen LogP contribution in [-0.4, -0.2) is 46.5 Å². The first-order valence-corrected chi connectivity index (χ1v) is 9.28. The van der Waals surface area contributed by atoms with Crippen molar-refractivity contribution in [2.24, 2.45) is 0 Å². The number of alkyl halides is 3. The van der Waals surface area contributed by atoms with Crippen molar-refractivity contribution < 1.29 is 13.2 Å². The Bertz CT molecular complexity index is 779. The van der Waals surface area contributed by atoms with Gasteiger partial charge in [-0.2, -0.15) is 13.2 Å². The average molecular weight is 389 g/mol. The number of nitrogens with zero attached hydrogens (tertiary/aromatic N) is 3. The molecule has 4 nitrogen and oxygen atoms in total. The molecule has 1 N–H and O–H groups in total. The quantitative estimate of drug-likeness (QED) is 0.860. The van der Waals surface area contributed by atoms with Crippen LogP contribution < -0.4 is 5.32 Å². The van der Waals surface area contributed by atoms with E-state index < -0.39 is 11.7 Å². The Balaban J connectivity index is 2.05. The highest BCUT2D eigenvalue weighted by molar-refractivity contribution is 6.33. The molecule has 144 valence electrons. The van der Waals surface area contributed by atoms with Gasteiger partial charge in [-0.05, 0) is 18.9 Å². The summed E-state index contributed by atoms with van der Waals surface area (Å²) in [4.78, 5) is 6.92. The van der Waals surface area contributed by atoms with Crippen molar-refractivity contribution in [1.29, 1.82) is 0 Å². The van der Waals surface area contributed by atoms with Crippen LogP contribution in [-0.2, 0) is 12.6 Å². The number of hydrogen-bond donors (Lipinski definition) is 1. The molecule has 1 aliphatic rings. The maximum absolute atomic E-state index is 13.2. The van der Waals surface area contributed by atoms with Crippen LogP contribution in [0.5, 0.6) is 0 Å². The Labute approximate surface area is 156 Å². The van der Waals surface area contributed by atoms with E-state index in [-0.39, 0.29) is 17.0 Å². The van der Waals surface area contributed by atoms with Gasteiger partial charge in [-0.1, -0.05) is 25.4 Å². The van der Waals surface area contributed by atoms with E-state index >= 15 is 0 Å². The molecule has 1 saturated heterocycles. The summed E-state index contributed by atoms with van der Waals surface area (Å²) in [6, 6.07) is 1.17. The van der Waals surface area contributed by atoms with E-state index in [1.807, 2.05) is 13.8 Å². The average Bonchev–Trinajstić information content (AvgIpc) is 2.94. The standard InChI is InChI=1S/C18H24ClF3N4/c1-11(2)16-15(8-12(3)25-6-4-23-5-7-25)26-10-13(18(20,21)22)9-14(19)17(26)24-16/h9-12,23H,4-8H2,1-3H3. The molecular formula is C18H24ClF3N4. The Hall–Kier alpha value is -1.31. The topological polar surface area (TPSA) is 32.6 Å². The third kappa shape index (κ3) is 3.85. The second kappa shape index (κ2) is 7.37. The van der Waals surface area contributed by atoms with Crippen molar-refractivity contribution >= 4 is 17.2 Å². The van der Waals surface area contributed by atoms with Crippen molar-refractivity contribution in [3.63, 3.8) is 0 Å². The number of rotatable bonds is 4. The highest BCUT2D eigenvalue weighted by atomic mass is 35.5. The molecule has 3 rings (SSSR count). The van der Waals surface area contributed by atoms with Gasteiger partial charge in [0.05, 0.1) is 16.3 Å². The van der Waals surface area contributed by atoms with Crippen LogP contribution in [0.2, 0.25) is 5.02 Å². The number of piperazine rings is 1. The first kappa shape index (κ1) is 19.5. The minimum atomic E-state index is -4.44. The minimum absolute atomic E-state index is 0.0304. The summed E-state index contributed by atoms with van der Waals surface area (Å²) in [7, 11) is 0. The second-order valence-corrected chi connectivity index (χ2v) is 7.61. The van der Waals surface area contributed by atoms with E-state index in [4.69, 9.17) is 11.6 Å². The molecule has 1 aliphatic heterocycles. The smallest absolute Gasteiger partial charge is 0.314 e. The van der Waals surface area contributed by atoms with Gasteiger partial charge >= 0.3 is 6.18 Å². The summed E-state index contributed by atoms with van der Waals surface area (Å²) in [5.41, 5.74) is 1.27. The molecule has 0 amide bonds. The SMILES string of the molecule is CC(C)c1nc2c(Cl)cc(C(F)(F)F)cn2c1CC(C)N1CCNCC1. The summed E-state index contributed by atoms with van der Waals surface area (Å²) in [5, 5.41) is 3.35. The van der Waals surface area contributed by atoms with Gasteiger partial charge in [0.25, 0.3) is 0 Å². The number of nitrogens with one attached hydrogen (secondary N) is 1. The Morgan fingerprint density at radius 2 is 1.88 bits per heavy atom. The summed E-state index contributed by atoms with van der Waals surface area (Å²) in [6.45, 7) is 9.84. The lowest BCUT2D eigenvalue weighted by molar-refractivity contribution is -0.137. The molecule has 2 aromatic heterocycles. The lowest BCUT2D eigenvalue weighted by atomic mass is 10.0. The van der Waals surface area contributed by atoms with Crippen LogP contribution in [0.3, 0.4) is 0 Å². The maximum Gasteiger partial charge on any atom is 0.417 e. The fraction of sp³-hybridized carbons (Fsp3) is 0.611. The molecule has 1 fully saturated rings. The monoisotopic (exact) mass is 388 g/mol. The molecule has 0 bridgehead atoms. The van der Waals surface area contributed by atoms with Crippen molar-refractivity contribution in [1.82, 2.24) is 19.6 Å². The number of aromatic nitrogens is 2. The van der Waals surface area contributed by atoms with Crippen LogP contribution in [0.15, 0.2) is 12.3 Å². The van der Waals surface area contributed by atoms with E-state index in [0.29, 0.717) is 12.1 Å². The normalized spacial score (nSPS) is 18.0. The van der Waals surface area contributed by atoms with Gasteiger partial charge < -0.3 is 9.72 Å². The summed E-state index contributed by atoms with van der Waals surface area (Å²) >= 11 is 6.14. The number of hydrogen-bond acceptors (Lipinski definition) is 3. The highest BCUT2D eigenvalue weighted by Crippen LogP contribution is 2.34. The zero-order valence-electron chi connectivity index (χ0n) is 15.2. The van der Waals surface area contributed by atoms with Crippen molar-refractivity contribution in [2.75, 3.05) is 26.2 Å². The largest absolute Gasteiger partial charge is 0.417 e. The zero-order chi connectivity index (χ0) is 19.1. The molecule has 0 aliphatic carbocycles. The summed E-state index contributed by atoms with van der Waals surface area (Å²) in [5.74, 6) is 0.102. The van der Waals surface area contributed by atoms with E-state index in [2.05, 4.69) is 22.1 Å². The van der Waals surface area contributed by atoms with E-state index in [1.54, 1.807) is 4.40 Å². The van der Waals surface area contributed by atoms with Crippen LogP contribution in [0.4, 0.5) is 13.2 Å². The molecule has 1 unspecified atom stereocenters. The van der Waals surface area contributed by atoms with Crippen molar-refractivity contribution in [3.8, 4) is 0 Å². The molecule has 2 aromatic rings. The molecule has 0 saturated carbocycles. The third-order valence-corrected chi connectivity index (χ3v) is 5.22. The zero-order valence-corrected chi connectivity index (χ0v) is 16.0. The van der Waals surface area contributed by atoms with Gasteiger partial charge in [0, 0.05) is 50.5 Å². The molecule has 1 atom stereocenters. The lowest BCUT2D eigenvalue weighted by Crippen LogP contribution is -2.48. The van der Waals surface area contributed by atoms with Gasteiger partial charge in [-0.25, -0.2) is 4.98 Å². The number of imidazole rings is 1. The molecule has 8 heteroatoms. The fourth-order valence-corrected chi connectivity index (χ4v) is 3.77. The maximum atomic E-state index is 13.2. The molecule has 0 spiro atoms. The van der Waals surface area contributed by atoms with E-state index in [9.17, 15) is 13.2 Å². The molecular weight excluding hydrogens is 365 g/mol. The van der Waals surface area contributed by atoms with E-state index in [0.717, 1.165) is 49.8 Å². The van der Waals surface area contributed by atoms with Gasteiger partial charge in [0.2, 0.25) is 0 Å². The lowest BCUT2D eigenvalue weighted by Gasteiger charge is -2.33. The summed E-state index contributed by atoms with van der Waals surface area (Å²) < 4.78 is 41.3. The third-order valence-electron chi connectivity index (χ3n) is 4.94. The highest BCUT2D eigenvalue weighted by Gasteiger charge is 2.33. The predicted molar refractivity (Wildman–Crippen MR) is 96.9 cm³/mol. The predicted octanol–water partition coefficient (Wildman–Crippen LogP) is 3.97. The second-order valence-electron chi connectivity index (χ2n) is 7.21. The van der Waals surface area contributed by atoms with Gasteiger partial charge in [0.1, 0.15) is 0 Å². The molecule has 26 heavy (non-hydrogen) atoms.